The van der Waals surface area contributed by atoms with E-state index in [0.717, 1.165) is 23.5 Å². The molecule has 3 aromatic rings. The van der Waals surface area contributed by atoms with E-state index in [1.54, 1.807) is 30.7 Å². The van der Waals surface area contributed by atoms with E-state index in [1.165, 1.54) is 5.56 Å². The molecule has 0 spiro atoms. The Kier molecular flexibility index (Phi) is 8.83. The Morgan fingerprint density at radius 1 is 1.05 bits per heavy atom. The standard InChI is InChI=1S/C22H23N5O.H4O7P2/c1-22(2)14-26-19-12-16(5-6-18(19)22)27-21(28)17-4-3-9-24-20(17)25-13-15-7-10-23-11-8-15;1-8(2,3)7-9(4,5)6/h3-12,26H,13-14H2,1-2H3,(H,24,25)(H,27,28);(H2,1,2,3)(H2,4,5,6). The molecule has 3 heterocycles. The summed E-state index contributed by atoms with van der Waals surface area (Å²) in [6.45, 7) is 5.88. The summed E-state index contributed by atoms with van der Waals surface area (Å²) in [7, 11) is -10.1. The van der Waals surface area contributed by atoms with Crippen LogP contribution in [0.15, 0.2) is 61.1 Å². The van der Waals surface area contributed by atoms with Gasteiger partial charge >= 0.3 is 15.6 Å². The number of nitrogens with one attached hydrogen (secondary N) is 3. The molecule has 1 aromatic carbocycles. The quantitative estimate of drug-likeness (QED) is 0.212. The van der Waals surface area contributed by atoms with Crippen LogP contribution in [0, 0.1) is 0 Å². The van der Waals surface area contributed by atoms with Gasteiger partial charge < -0.3 is 35.5 Å². The van der Waals surface area contributed by atoms with Gasteiger partial charge in [0.05, 0.1) is 5.56 Å². The molecule has 1 aliphatic rings. The highest BCUT2D eigenvalue weighted by molar-refractivity contribution is 7.60. The number of hydrogen-bond acceptors (Lipinski definition) is 8. The van der Waals surface area contributed by atoms with Gasteiger partial charge in [-0.25, -0.2) is 14.1 Å². The Morgan fingerprint density at radius 2 is 1.73 bits per heavy atom. The van der Waals surface area contributed by atoms with Crippen molar-refractivity contribution in [3.63, 3.8) is 0 Å². The Hall–Kier alpha value is -3.15. The van der Waals surface area contributed by atoms with E-state index in [0.29, 0.717) is 17.9 Å². The van der Waals surface area contributed by atoms with Gasteiger partial charge in [-0.15, -0.1) is 0 Å². The van der Waals surface area contributed by atoms with Crippen LogP contribution in [0.1, 0.15) is 35.3 Å². The number of aromatic nitrogens is 2. The molecule has 0 saturated heterocycles. The topological polar surface area (TPSA) is 203 Å². The lowest BCUT2D eigenvalue weighted by Crippen LogP contribution is -2.18. The van der Waals surface area contributed by atoms with Crippen LogP contribution in [0.5, 0.6) is 0 Å². The fraction of sp³-hybridized carbons (Fsp3) is 0.227. The molecule has 37 heavy (non-hydrogen) atoms. The second kappa shape index (κ2) is 11.5. The molecule has 1 amide bonds. The van der Waals surface area contributed by atoms with Gasteiger partial charge in [0.2, 0.25) is 0 Å². The SMILES string of the molecule is CC1(C)CNc2cc(NC(=O)c3cccnc3NCc3ccncc3)ccc21.O=P(O)(O)OP(=O)(O)O. The summed E-state index contributed by atoms with van der Waals surface area (Å²) in [6.07, 6.45) is 5.16. The van der Waals surface area contributed by atoms with Crippen LogP contribution in [0.3, 0.4) is 0 Å². The van der Waals surface area contributed by atoms with E-state index in [9.17, 15) is 13.9 Å². The Morgan fingerprint density at radius 3 is 2.35 bits per heavy atom. The van der Waals surface area contributed by atoms with Crippen molar-refractivity contribution in [2.24, 2.45) is 0 Å². The predicted molar refractivity (Wildman–Crippen MR) is 137 cm³/mol. The zero-order valence-corrected chi connectivity index (χ0v) is 21.7. The van der Waals surface area contributed by atoms with E-state index >= 15 is 0 Å². The highest BCUT2D eigenvalue weighted by Crippen LogP contribution is 2.53. The summed E-state index contributed by atoms with van der Waals surface area (Å²) in [5.41, 5.74) is 4.78. The van der Waals surface area contributed by atoms with Crippen LogP contribution in [-0.2, 0) is 25.4 Å². The second-order valence-corrected chi connectivity index (χ2v) is 11.2. The molecule has 13 nitrogen and oxygen atoms in total. The molecule has 4 rings (SSSR count). The monoisotopic (exact) mass is 551 g/mol. The van der Waals surface area contributed by atoms with E-state index in [4.69, 9.17) is 19.6 Å². The zero-order valence-electron chi connectivity index (χ0n) is 19.9. The van der Waals surface area contributed by atoms with E-state index in [-0.39, 0.29) is 11.3 Å². The van der Waals surface area contributed by atoms with Gasteiger partial charge in [-0.1, -0.05) is 19.9 Å². The zero-order chi connectivity index (χ0) is 27.3. The third-order valence-corrected chi connectivity index (χ3v) is 6.90. The van der Waals surface area contributed by atoms with Crippen LogP contribution in [-0.4, -0.2) is 42.0 Å². The molecule has 0 radical (unpaired) electrons. The summed E-state index contributed by atoms with van der Waals surface area (Å²) in [5.74, 6) is 0.361. The number of nitrogens with zero attached hydrogens (tertiary/aromatic N) is 2. The van der Waals surface area contributed by atoms with Crippen LogP contribution >= 0.6 is 15.6 Å². The van der Waals surface area contributed by atoms with Crippen molar-refractivity contribution in [1.29, 1.82) is 0 Å². The first-order chi connectivity index (χ1) is 17.2. The van der Waals surface area contributed by atoms with Crippen molar-refractivity contribution in [3.05, 3.63) is 77.7 Å². The molecule has 0 unspecified atom stereocenters. The molecule has 2 aromatic heterocycles. The lowest BCUT2D eigenvalue weighted by atomic mass is 9.87. The maximum absolute atomic E-state index is 12.9. The fourth-order valence-electron chi connectivity index (χ4n) is 3.52. The number of carbonyl (C=O) groups is 1. The van der Waals surface area contributed by atoms with Gasteiger partial charge in [0, 0.05) is 48.5 Å². The molecule has 0 saturated carbocycles. The summed E-state index contributed by atoms with van der Waals surface area (Å²) in [4.78, 5) is 52.2. The van der Waals surface area contributed by atoms with Gasteiger partial charge in [-0.2, -0.15) is 4.31 Å². The molecule has 7 N–H and O–H groups in total. The van der Waals surface area contributed by atoms with E-state index in [1.807, 2.05) is 24.3 Å². The Balaban J connectivity index is 0.000000364. The largest absolute Gasteiger partial charge is 0.478 e. The lowest BCUT2D eigenvalue weighted by molar-refractivity contribution is 0.102. The van der Waals surface area contributed by atoms with Crippen LogP contribution in [0.25, 0.3) is 0 Å². The van der Waals surface area contributed by atoms with Crippen molar-refractivity contribution in [2.45, 2.75) is 25.8 Å². The minimum atomic E-state index is -5.05. The predicted octanol–water partition coefficient (Wildman–Crippen LogP) is 3.23. The smallest absolute Gasteiger partial charge is 0.384 e. The van der Waals surface area contributed by atoms with Gasteiger partial charge in [-0.3, -0.25) is 9.78 Å². The average Bonchev–Trinajstić information content (AvgIpc) is 3.10. The van der Waals surface area contributed by atoms with Crippen molar-refractivity contribution in [1.82, 2.24) is 9.97 Å². The minimum absolute atomic E-state index is 0.102. The van der Waals surface area contributed by atoms with Gasteiger partial charge in [-0.05, 0) is 47.5 Å². The van der Waals surface area contributed by atoms with Crippen molar-refractivity contribution >= 4 is 38.7 Å². The molecule has 0 fully saturated rings. The third kappa shape index (κ3) is 8.73. The maximum atomic E-state index is 12.9. The summed E-state index contributed by atoms with van der Waals surface area (Å²) >= 11 is 0. The number of rotatable bonds is 7. The van der Waals surface area contributed by atoms with E-state index in [2.05, 4.69) is 50.1 Å². The normalized spacial score (nSPS) is 14.0. The molecule has 15 heteroatoms. The first-order valence-electron chi connectivity index (χ1n) is 10.8. The number of fused-ring (bicyclic) bond motifs is 1. The molecule has 0 aliphatic carbocycles. The number of amides is 1. The van der Waals surface area contributed by atoms with E-state index < -0.39 is 15.6 Å². The highest BCUT2D eigenvalue weighted by Gasteiger charge is 2.30. The third-order valence-electron chi connectivity index (χ3n) is 5.20. The molecule has 0 atom stereocenters. The van der Waals surface area contributed by atoms with Crippen molar-refractivity contribution in [3.8, 4) is 0 Å². The van der Waals surface area contributed by atoms with Gasteiger partial charge in [0.1, 0.15) is 5.82 Å². The highest BCUT2D eigenvalue weighted by atomic mass is 31.3. The first kappa shape index (κ1) is 28.4. The maximum Gasteiger partial charge on any atom is 0.478 e. The van der Waals surface area contributed by atoms with Crippen molar-refractivity contribution < 1.29 is 37.8 Å². The molecule has 198 valence electrons. The van der Waals surface area contributed by atoms with Crippen LogP contribution in [0.4, 0.5) is 17.2 Å². The second-order valence-electron chi connectivity index (χ2n) is 8.62. The lowest BCUT2D eigenvalue weighted by Gasteiger charge is -2.17. The number of carbonyl (C=O) groups excluding carboxylic acids is 1. The number of benzene rings is 1. The van der Waals surface area contributed by atoms with Crippen LogP contribution < -0.4 is 16.0 Å². The Labute approximate surface area is 212 Å². The number of anilines is 3. The number of pyridine rings is 2. The van der Waals surface area contributed by atoms with Gasteiger partial charge in [0.15, 0.2) is 0 Å². The average molecular weight is 551 g/mol. The fourth-order valence-corrected chi connectivity index (χ4v) is 4.63. The number of phosphoric acid groups is 2. The van der Waals surface area contributed by atoms with Crippen molar-refractivity contribution in [2.75, 3.05) is 22.5 Å². The minimum Gasteiger partial charge on any atom is -0.384 e. The summed E-state index contributed by atoms with van der Waals surface area (Å²) in [6, 6.07) is 13.4. The molecule has 1 aliphatic heterocycles. The number of hydrogen-bond donors (Lipinski definition) is 7. The molecular weight excluding hydrogens is 524 g/mol. The van der Waals surface area contributed by atoms with Gasteiger partial charge in [0.25, 0.3) is 5.91 Å². The summed E-state index contributed by atoms with van der Waals surface area (Å²) < 4.78 is 22.2. The first-order valence-corrected chi connectivity index (χ1v) is 13.9. The van der Waals surface area contributed by atoms with Crippen LogP contribution in [0.2, 0.25) is 0 Å². The molecular formula is C22H27N5O8P2. The summed E-state index contributed by atoms with van der Waals surface area (Å²) in [5, 5.41) is 9.63. The Bertz CT molecular complexity index is 1320. The molecule has 0 bridgehead atoms.